The molecule has 2 aromatic carbocycles. The molecule has 0 bridgehead atoms. The van der Waals surface area contributed by atoms with Gasteiger partial charge in [0.15, 0.2) is 0 Å². The highest BCUT2D eigenvalue weighted by atomic mass is 16.2. The zero-order chi connectivity index (χ0) is 23.4. The molecule has 33 heavy (non-hydrogen) atoms. The van der Waals surface area contributed by atoms with E-state index >= 15 is 0 Å². The van der Waals surface area contributed by atoms with E-state index in [-0.39, 0.29) is 29.0 Å². The van der Waals surface area contributed by atoms with Gasteiger partial charge < -0.3 is 14.8 Å². The summed E-state index contributed by atoms with van der Waals surface area (Å²) in [7, 11) is 0. The molecule has 2 amide bonds. The third-order valence-electron chi connectivity index (χ3n) is 6.26. The van der Waals surface area contributed by atoms with E-state index in [1.165, 1.54) is 11.6 Å². The van der Waals surface area contributed by atoms with Crippen molar-refractivity contribution in [3.8, 4) is 11.1 Å². The fraction of sp³-hybridized carbons (Fsp3) is 0.296. The van der Waals surface area contributed by atoms with E-state index < -0.39 is 0 Å². The molecule has 1 N–H and O–H groups in total. The normalized spacial score (nSPS) is 16.5. The van der Waals surface area contributed by atoms with Crippen molar-refractivity contribution < 1.29 is 9.59 Å². The predicted molar refractivity (Wildman–Crippen MR) is 129 cm³/mol. The van der Waals surface area contributed by atoms with Crippen molar-refractivity contribution in [2.45, 2.75) is 20.3 Å². The van der Waals surface area contributed by atoms with Gasteiger partial charge in [0.25, 0.3) is 5.91 Å². The number of hydrogen-bond donors (Lipinski definition) is 1. The van der Waals surface area contributed by atoms with Crippen LogP contribution in [0.25, 0.3) is 11.1 Å². The monoisotopic (exact) mass is 443 g/mol. The van der Waals surface area contributed by atoms with Crippen LogP contribution in [0.3, 0.4) is 0 Å². The number of amides is 2. The quantitative estimate of drug-likeness (QED) is 0.656. The summed E-state index contributed by atoms with van der Waals surface area (Å²) in [4.78, 5) is 44.3. The van der Waals surface area contributed by atoms with Crippen LogP contribution >= 0.6 is 0 Å². The number of benzene rings is 2. The van der Waals surface area contributed by atoms with Crippen LogP contribution in [0.4, 0.5) is 0 Å². The number of H-pyrrole nitrogens is 1. The van der Waals surface area contributed by atoms with Crippen LogP contribution < -0.4 is 5.56 Å². The summed E-state index contributed by atoms with van der Waals surface area (Å²) >= 11 is 0. The lowest BCUT2D eigenvalue weighted by Crippen LogP contribution is -2.38. The van der Waals surface area contributed by atoms with E-state index in [0.29, 0.717) is 32.6 Å². The second kappa shape index (κ2) is 9.86. The minimum atomic E-state index is -0.363. The van der Waals surface area contributed by atoms with Gasteiger partial charge in [0.1, 0.15) is 5.69 Å². The van der Waals surface area contributed by atoms with Gasteiger partial charge in [-0.2, -0.15) is 0 Å². The Labute approximate surface area is 193 Å². The van der Waals surface area contributed by atoms with Crippen molar-refractivity contribution in [3.63, 3.8) is 0 Å². The van der Waals surface area contributed by atoms with E-state index in [1.54, 1.807) is 17.0 Å². The maximum absolute atomic E-state index is 13.4. The van der Waals surface area contributed by atoms with Crippen LogP contribution in [0.5, 0.6) is 0 Å². The van der Waals surface area contributed by atoms with Crippen LogP contribution in [0.15, 0.2) is 71.5 Å². The first kappa shape index (κ1) is 22.5. The van der Waals surface area contributed by atoms with E-state index in [2.05, 4.69) is 48.3 Å². The summed E-state index contributed by atoms with van der Waals surface area (Å²) < 4.78 is 0. The number of aryl methyl sites for hydroxylation is 1. The fourth-order valence-electron chi connectivity index (χ4n) is 4.42. The Kier molecular flexibility index (Phi) is 6.73. The number of rotatable bonds is 5. The second-order valence-electron chi connectivity index (χ2n) is 8.52. The van der Waals surface area contributed by atoms with Gasteiger partial charge in [0, 0.05) is 32.2 Å². The lowest BCUT2D eigenvalue weighted by Gasteiger charge is -2.24. The number of nitrogens with one attached hydrogen (secondary N) is 1. The molecule has 170 valence electrons. The van der Waals surface area contributed by atoms with Gasteiger partial charge in [-0.05, 0) is 43.0 Å². The first-order valence-corrected chi connectivity index (χ1v) is 11.4. The van der Waals surface area contributed by atoms with Gasteiger partial charge in [-0.15, -0.1) is 0 Å². The highest BCUT2D eigenvalue weighted by Crippen LogP contribution is 2.27. The molecule has 3 aromatic rings. The van der Waals surface area contributed by atoms with Crippen molar-refractivity contribution >= 4 is 11.8 Å². The molecule has 0 spiro atoms. The van der Waals surface area contributed by atoms with Gasteiger partial charge in [0.05, 0.1) is 5.92 Å². The van der Waals surface area contributed by atoms with Crippen molar-refractivity contribution in [1.29, 1.82) is 0 Å². The summed E-state index contributed by atoms with van der Waals surface area (Å²) in [5.74, 6) is -0.554. The molecule has 1 saturated heterocycles. The number of pyridine rings is 1. The third-order valence-corrected chi connectivity index (χ3v) is 6.26. The topological polar surface area (TPSA) is 73.5 Å². The maximum Gasteiger partial charge on any atom is 0.270 e. The highest BCUT2D eigenvalue weighted by molar-refractivity contribution is 5.93. The summed E-state index contributed by atoms with van der Waals surface area (Å²) in [5, 5.41) is 0. The molecule has 6 nitrogen and oxygen atoms in total. The SMILES string of the molecule is CCN1CCN(C(=O)c2cccc(=O)[nH]2)CC(Cc2ccccc2-c2ccc(C)cc2)C1=O. The average Bonchev–Trinajstić information content (AvgIpc) is 2.98. The summed E-state index contributed by atoms with van der Waals surface area (Å²) in [5.41, 5.74) is 4.42. The Morgan fingerprint density at radius 3 is 2.45 bits per heavy atom. The zero-order valence-corrected chi connectivity index (χ0v) is 19.1. The first-order valence-electron chi connectivity index (χ1n) is 11.4. The molecular formula is C27H29N3O3. The molecule has 1 atom stereocenters. The van der Waals surface area contributed by atoms with E-state index in [1.807, 2.05) is 24.0 Å². The Hall–Kier alpha value is -3.67. The van der Waals surface area contributed by atoms with E-state index in [0.717, 1.165) is 16.7 Å². The molecular weight excluding hydrogens is 414 g/mol. The van der Waals surface area contributed by atoms with Crippen molar-refractivity contribution in [2.24, 2.45) is 5.92 Å². The molecule has 0 radical (unpaired) electrons. The first-order chi connectivity index (χ1) is 16.0. The summed E-state index contributed by atoms with van der Waals surface area (Å²) in [6.45, 7) is 5.85. The summed E-state index contributed by atoms with van der Waals surface area (Å²) in [6, 6.07) is 21.1. The molecule has 0 saturated carbocycles. The number of aromatic amines is 1. The highest BCUT2D eigenvalue weighted by Gasteiger charge is 2.32. The molecule has 0 aliphatic carbocycles. The molecule has 6 heteroatoms. The van der Waals surface area contributed by atoms with Crippen molar-refractivity contribution in [3.05, 3.63) is 93.9 Å². The number of nitrogens with zero attached hydrogens (tertiary/aromatic N) is 2. The number of carbonyl (C=O) groups excluding carboxylic acids is 2. The Morgan fingerprint density at radius 1 is 0.970 bits per heavy atom. The number of carbonyl (C=O) groups is 2. The Bertz CT molecular complexity index is 1200. The van der Waals surface area contributed by atoms with Gasteiger partial charge >= 0.3 is 0 Å². The third kappa shape index (κ3) is 5.06. The second-order valence-corrected chi connectivity index (χ2v) is 8.52. The van der Waals surface area contributed by atoms with Crippen LogP contribution in [0.1, 0.15) is 28.5 Å². The number of hydrogen-bond acceptors (Lipinski definition) is 3. The number of aromatic nitrogens is 1. The summed E-state index contributed by atoms with van der Waals surface area (Å²) in [6.07, 6.45) is 0.536. The smallest absolute Gasteiger partial charge is 0.270 e. The number of likely N-dealkylation sites (N-methyl/N-ethyl adjacent to an activating group) is 1. The zero-order valence-electron chi connectivity index (χ0n) is 19.1. The lowest BCUT2D eigenvalue weighted by molar-refractivity contribution is -0.134. The molecule has 1 fully saturated rings. The van der Waals surface area contributed by atoms with Crippen LogP contribution in [0.2, 0.25) is 0 Å². The van der Waals surface area contributed by atoms with Gasteiger partial charge in [-0.1, -0.05) is 60.2 Å². The Morgan fingerprint density at radius 2 is 1.73 bits per heavy atom. The van der Waals surface area contributed by atoms with Crippen LogP contribution in [-0.2, 0) is 11.2 Å². The van der Waals surface area contributed by atoms with E-state index in [9.17, 15) is 14.4 Å². The molecule has 2 heterocycles. The molecule has 1 aliphatic rings. The molecule has 4 rings (SSSR count). The van der Waals surface area contributed by atoms with E-state index in [4.69, 9.17) is 0 Å². The van der Waals surface area contributed by atoms with Gasteiger partial charge in [0.2, 0.25) is 11.5 Å². The predicted octanol–water partition coefficient (Wildman–Crippen LogP) is 3.51. The van der Waals surface area contributed by atoms with Gasteiger partial charge in [-0.25, -0.2) is 0 Å². The van der Waals surface area contributed by atoms with Crippen LogP contribution in [-0.4, -0.2) is 52.8 Å². The molecule has 1 aromatic heterocycles. The Balaban J connectivity index is 1.64. The van der Waals surface area contributed by atoms with Crippen molar-refractivity contribution in [2.75, 3.05) is 26.2 Å². The standard InChI is InChI=1S/C27H29N3O3/c1-3-29-15-16-30(27(33)24-9-6-10-25(31)28-24)18-22(26(29)32)17-21-7-4-5-8-23(21)20-13-11-19(2)12-14-20/h4-14,22H,3,15-18H2,1-2H3,(H,28,31). The maximum atomic E-state index is 13.4. The van der Waals surface area contributed by atoms with Gasteiger partial charge in [-0.3, -0.25) is 14.4 Å². The lowest BCUT2D eigenvalue weighted by atomic mass is 9.91. The minimum Gasteiger partial charge on any atom is -0.341 e. The fourth-order valence-corrected chi connectivity index (χ4v) is 4.42. The molecule has 1 unspecified atom stereocenters. The van der Waals surface area contributed by atoms with Crippen LogP contribution in [0, 0.1) is 12.8 Å². The largest absolute Gasteiger partial charge is 0.341 e. The average molecular weight is 444 g/mol. The molecule has 1 aliphatic heterocycles. The minimum absolute atomic E-state index is 0.0630. The van der Waals surface area contributed by atoms with Crippen molar-refractivity contribution in [1.82, 2.24) is 14.8 Å².